The van der Waals surface area contributed by atoms with Gasteiger partial charge in [0.15, 0.2) is 0 Å². The Kier molecular flexibility index (Phi) is 3.16. The van der Waals surface area contributed by atoms with Gasteiger partial charge in [0.25, 0.3) is 0 Å². The lowest BCUT2D eigenvalue weighted by Gasteiger charge is -2.45. The summed E-state index contributed by atoms with van der Waals surface area (Å²) in [5.41, 5.74) is 0.957. The molecule has 1 N–H and O–H groups in total. The van der Waals surface area contributed by atoms with E-state index in [0.717, 1.165) is 29.7 Å². The van der Waals surface area contributed by atoms with Crippen LogP contribution in [0.2, 0.25) is 5.15 Å². The van der Waals surface area contributed by atoms with Gasteiger partial charge in [0.2, 0.25) is 0 Å². The summed E-state index contributed by atoms with van der Waals surface area (Å²) in [6.07, 6.45) is 2.60. The number of anilines is 1. The number of rotatable bonds is 2. The molecule has 4 rings (SSSR count). The summed E-state index contributed by atoms with van der Waals surface area (Å²) in [4.78, 5) is 11.2. The Morgan fingerprint density at radius 1 is 1.22 bits per heavy atom. The number of hydrogen-bond acceptors (Lipinski definition) is 4. The number of hydrogen-bond donors (Lipinski definition) is 1. The maximum Gasteiger partial charge on any atom is 0.137 e. The highest BCUT2D eigenvalue weighted by molar-refractivity contribution is 6.30. The predicted octanol–water partition coefficient (Wildman–Crippen LogP) is 2.25. The molecule has 3 saturated heterocycles. The molecule has 0 amide bonds. The average molecular weight is 267 g/mol. The van der Waals surface area contributed by atoms with Crippen molar-refractivity contribution in [1.29, 1.82) is 0 Å². The van der Waals surface area contributed by atoms with Crippen LogP contribution >= 0.6 is 11.6 Å². The van der Waals surface area contributed by atoms with Gasteiger partial charge in [0.1, 0.15) is 16.8 Å². The van der Waals surface area contributed by atoms with Crippen molar-refractivity contribution in [2.24, 2.45) is 5.92 Å². The third kappa shape index (κ3) is 2.19. The molecule has 1 aromatic rings. The zero-order chi connectivity index (χ0) is 12.7. The van der Waals surface area contributed by atoms with Crippen LogP contribution in [0.4, 0.5) is 5.82 Å². The quantitative estimate of drug-likeness (QED) is 0.834. The Morgan fingerprint density at radius 3 is 2.56 bits per heavy atom. The topological polar surface area (TPSA) is 41.1 Å². The molecular formula is C13H19ClN4. The highest BCUT2D eigenvalue weighted by Crippen LogP contribution is 2.30. The third-order valence-electron chi connectivity index (χ3n) is 4.18. The molecule has 18 heavy (non-hydrogen) atoms. The van der Waals surface area contributed by atoms with E-state index < -0.39 is 0 Å². The average Bonchev–Trinajstić information content (AvgIpc) is 2.37. The fourth-order valence-corrected chi connectivity index (χ4v) is 3.25. The first-order valence-corrected chi connectivity index (χ1v) is 7.01. The van der Waals surface area contributed by atoms with Gasteiger partial charge in [-0.1, -0.05) is 11.6 Å². The molecule has 0 aliphatic carbocycles. The number of piperidine rings is 3. The van der Waals surface area contributed by atoms with E-state index in [2.05, 4.69) is 20.2 Å². The van der Waals surface area contributed by atoms with Gasteiger partial charge in [-0.15, -0.1) is 0 Å². The van der Waals surface area contributed by atoms with Crippen LogP contribution in [0.15, 0.2) is 0 Å². The number of nitrogens with one attached hydrogen (secondary N) is 1. The SMILES string of the molecule is Cc1nc(Cl)c(C)c(NC2CN3CCC2CC3)n1. The molecule has 0 radical (unpaired) electrons. The largest absolute Gasteiger partial charge is 0.365 e. The van der Waals surface area contributed by atoms with Crippen molar-refractivity contribution in [3.63, 3.8) is 0 Å². The number of halogens is 1. The Balaban J connectivity index is 1.80. The van der Waals surface area contributed by atoms with Gasteiger partial charge < -0.3 is 10.2 Å². The standard InChI is InChI=1S/C13H19ClN4/c1-8-12(14)15-9(2)16-13(8)17-11-7-18-5-3-10(11)4-6-18/h10-11H,3-7H2,1-2H3,(H,15,16,17). The smallest absolute Gasteiger partial charge is 0.137 e. The van der Waals surface area contributed by atoms with E-state index in [-0.39, 0.29) is 0 Å². The van der Waals surface area contributed by atoms with Crippen molar-refractivity contribution in [3.05, 3.63) is 16.5 Å². The molecule has 4 heterocycles. The van der Waals surface area contributed by atoms with E-state index in [9.17, 15) is 0 Å². The lowest BCUT2D eigenvalue weighted by molar-refractivity contribution is 0.0973. The van der Waals surface area contributed by atoms with Crippen LogP contribution in [0.1, 0.15) is 24.2 Å². The maximum atomic E-state index is 6.11. The molecule has 98 valence electrons. The Hall–Kier alpha value is -0.870. The first-order valence-electron chi connectivity index (χ1n) is 6.63. The summed E-state index contributed by atoms with van der Waals surface area (Å²) < 4.78 is 0. The lowest BCUT2D eigenvalue weighted by Crippen LogP contribution is -2.53. The summed E-state index contributed by atoms with van der Waals surface area (Å²) >= 11 is 6.11. The second-order valence-electron chi connectivity index (χ2n) is 5.42. The highest BCUT2D eigenvalue weighted by Gasteiger charge is 2.34. The van der Waals surface area contributed by atoms with Gasteiger partial charge in [-0.3, -0.25) is 0 Å². The number of aromatic nitrogens is 2. The molecule has 2 bridgehead atoms. The first kappa shape index (κ1) is 12.2. The van der Waals surface area contributed by atoms with Gasteiger partial charge in [-0.05, 0) is 45.7 Å². The van der Waals surface area contributed by atoms with Gasteiger partial charge in [-0.25, -0.2) is 9.97 Å². The molecule has 1 unspecified atom stereocenters. The Bertz CT molecular complexity index is 455. The number of fused-ring (bicyclic) bond motifs is 3. The third-order valence-corrected chi connectivity index (χ3v) is 4.54. The molecule has 3 fully saturated rings. The van der Waals surface area contributed by atoms with E-state index in [4.69, 9.17) is 11.6 Å². The molecule has 5 heteroatoms. The molecule has 1 aromatic heterocycles. The highest BCUT2D eigenvalue weighted by atomic mass is 35.5. The van der Waals surface area contributed by atoms with Gasteiger partial charge in [0, 0.05) is 18.2 Å². The Labute approximate surface area is 113 Å². The minimum Gasteiger partial charge on any atom is -0.365 e. The second kappa shape index (κ2) is 4.67. The molecule has 4 nitrogen and oxygen atoms in total. The van der Waals surface area contributed by atoms with Crippen LogP contribution in [0.5, 0.6) is 0 Å². The fraction of sp³-hybridized carbons (Fsp3) is 0.692. The molecule has 0 aromatic carbocycles. The van der Waals surface area contributed by atoms with Crippen LogP contribution < -0.4 is 5.32 Å². The van der Waals surface area contributed by atoms with E-state index in [1.54, 1.807) is 0 Å². The van der Waals surface area contributed by atoms with E-state index in [0.29, 0.717) is 11.2 Å². The molecule has 3 aliphatic heterocycles. The maximum absolute atomic E-state index is 6.11. The number of nitrogens with zero attached hydrogens (tertiary/aromatic N) is 3. The molecule has 1 atom stereocenters. The summed E-state index contributed by atoms with van der Waals surface area (Å²) in [7, 11) is 0. The summed E-state index contributed by atoms with van der Waals surface area (Å²) in [6.45, 7) is 7.50. The zero-order valence-electron chi connectivity index (χ0n) is 10.9. The van der Waals surface area contributed by atoms with Crippen molar-refractivity contribution >= 4 is 17.4 Å². The molecule has 3 aliphatic rings. The van der Waals surface area contributed by atoms with Gasteiger partial charge >= 0.3 is 0 Å². The second-order valence-corrected chi connectivity index (χ2v) is 5.78. The monoisotopic (exact) mass is 266 g/mol. The van der Waals surface area contributed by atoms with Crippen LogP contribution in [-0.4, -0.2) is 40.5 Å². The van der Waals surface area contributed by atoms with Crippen LogP contribution in [0.25, 0.3) is 0 Å². The van der Waals surface area contributed by atoms with Crippen LogP contribution in [-0.2, 0) is 0 Å². The van der Waals surface area contributed by atoms with Crippen molar-refractivity contribution in [3.8, 4) is 0 Å². The summed E-state index contributed by atoms with van der Waals surface area (Å²) in [5, 5.41) is 4.15. The van der Waals surface area contributed by atoms with Crippen LogP contribution in [0.3, 0.4) is 0 Å². The van der Waals surface area contributed by atoms with Crippen LogP contribution in [0, 0.1) is 19.8 Å². The van der Waals surface area contributed by atoms with E-state index in [1.807, 2.05) is 13.8 Å². The van der Waals surface area contributed by atoms with Crippen molar-refractivity contribution in [1.82, 2.24) is 14.9 Å². The van der Waals surface area contributed by atoms with Crippen molar-refractivity contribution in [2.75, 3.05) is 25.0 Å². The zero-order valence-corrected chi connectivity index (χ0v) is 11.7. The van der Waals surface area contributed by atoms with E-state index >= 15 is 0 Å². The Morgan fingerprint density at radius 2 is 1.94 bits per heavy atom. The minimum absolute atomic E-state index is 0.511. The van der Waals surface area contributed by atoms with Crippen molar-refractivity contribution in [2.45, 2.75) is 32.7 Å². The van der Waals surface area contributed by atoms with E-state index in [1.165, 1.54) is 25.9 Å². The normalized spacial score (nSPS) is 30.5. The minimum atomic E-state index is 0.511. The molecular weight excluding hydrogens is 248 g/mol. The summed E-state index contributed by atoms with van der Waals surface area (Å²) in [6, 6.07) is 0.511. The fourth-order valence-electron chi connectivity index (χ4n) is 3.04. The van der Waals surface area contributed by atoms with Gasteiger partial charge in [0.05, 0.1) is 0 Å². The lowest BCUT2D eigenvalue weighted by atomic mass is 9.84. The van der Waals surface area contributed by atoms with Gasteiger partial charge in [-0.2, -0.15) is 0 Å². The number of aryl methyl sites for hydroxylation is 1. The first-order chi connectivity index (χ1) is 8.63. The summed E-state index contributed by atoms with van der Waals surface area (Å²) in [5.74, 6) is 2.42. The van der Waals surface area contributed by atoms with Crippen molar-refractivity contribution < 1.29 is 0 Å². The molecule has 0 spiro atoms. The molecule has 0 saturated carbocycles. The predicted molar refractivity (Wildman–Crippen MR) is 73.1 cm³/mol.